The minimum atomic E-state index is -5.75. The molecule has 11 aromatic rings. The maximum Gasteiger partial charge on any atom is 0.297 e. The molecule has 572 valence electrons. The molecule has 0 radical (unpaired) electrons. The molecule has 0 aliphatic carbocycles. The molecule has 0 heterocycles. The maximum absolute atomic E-state index is 13.6. The fourth-order valence-electron chi connectivity index (χ4n) is 10.8. The van der Waals surface area contributed by atoms with Crippen molar-refractivity contribution in [2.45, 2.75) is 47.6 Å². The highest BCUT2D eigenvalue weighted by Crippen LogP contribution is 2.51. The van der Waals surface area contributed by atoms with E-state index in [0.29, 0.717) is 23.9 Å². The van der Waals surface area contributed by atoms with Crippen molar-refractivity contribution in [2.24, 2.45) is 51.1 Å². The van der Waals surface area contributed by atoms with E-state index in [1.807, 2.05) is 0 Å². The quantitative estimate of drug-likeness (QED) is 0.0152. The summed E-state index contributed by atoms with van der Waals surface area (Å²) in [6, 6.07) is 26.5. The zero-order chi connectivity index (χ0) is 80.3. The molecule has 0 saturated carbocycles. The molecular weight excluding hydrogens is 1620 g/mol. The van der Waals surface area contributed by atoms with Crippen molar-refractivity contribution in [1.29, 1.82) is 0 Å². The van der Waals surface area contributed by atoms with E-state index in [9.17, 15) is 124 Å². The van der Waals surface area contributed by atoms with E-state index in [-0.39, 0.29) is 44.2 Å². The summed E-state index contributed by atoms with van der Waals surface area (Å²) in [5, 5.41) is 84.6. The van der Waals surface area contributed by atoms with Gasteiger partial charge in [-0.3, -0.25) is 36.4 Å². The number of hydrogen-bond donors (Lipinski definition) is 13. The lowest BCUT2D eigenvalue weighted by Crippen LogP contribution is -2.08. The van der Waals surface area contributed by atoms with Crippen molar-refractivity contribution in [1.82, 2.24) is 0 Å². The number of nitrogens with one attached hydrogen (secondary N) is 1. The molecule has 0 atom stereocenters. The first-order valence-corrected chi connectivity index (χ1v) is 41.7. The highest BCUT2D eigenvalue weighted by atomic mass is 32.2. The Labute approximate surface area is 619 Å². The van der Waals surface area contributed by atoms with E-state index in [2.05, 4.69) is 56.5 Å². The SMILES string of the molecule is Cc1cc(N=Nc2c(S(=O)(=O)O)cc3c(S(=O)(=O)O)c(N=Nc4c(Nc5ccccc5)ccc5c(O)c(N=Nc6ccc7c(O)c(N=Nc8ccccc8S(=O)(=O)O)c(S(=O)(=O)O)cc7c6)c(S(=O)(=O)O)cc45)ccc3c2O)c(OCCCS(=O)(=O)O)cc1N=Nc1cc(S(=O)(=O)O)cc2cc(S(=O)(=O)O)cc(O)c12. The average molecular weight is 1670 g/mol. The van der Waals surface area contributed by atoms with E-state index >= 15 is 0 Å². The Balaban J connectivity index is 1.00. The fraction of sp³-hybridized carbons (Fsp3) is 0.0645. The molecule has 0 unspecified atom stereocenters. The first kappa shape index (κ1) is 79.6. The van der Waals surface area contributed by atoms with Gasteiger partial charge in [0, 0.05) is 44.8 Å². The van der Waals surface area contributed by atoms with Crippen molar-refractivity contribution in [3.8, 4) is 28.7 Å². The van der Waals surface area contributed by atoms with Crippen molar-refractivity contribution >= 4 is 192 Å². The molecule has 48 heteroatoms. The molecule has 13 N–H and O–H groups in total. The zero-order valence-electron chi connectivity index (χ0n) is 54.6. The van der Waals surface area contributed by atoms with Crippen LogP contribution in [-0.4, -0.2) is 137 Å². The normalized spacial score (nSPS) is 13.2. The van der Waals surface area contributed by atoms with Gasteiger partial charge in [-0.25, -0.2) is 0 Å². The lowest BCUT2D eigenvalue weighted by molar-refractivity contribution is 0.317. The molecule has 0 aromatic heterocycles. The van der Waals surface area contributed by atoms with Crippen LogP contribution in [0.4, 0.5) is 68.2 Å². The molecule has 0 aliphatic heterocycles. The van der Waals surface area contributed by atoms with Crippen LogP contribution in [0.15, 0.2) is 237 Å². The van der Waals surface area contributed by atoms with E-state index < -0.39 is 230 Å². The van der Waals surface area contributed by atoms with Crippen LogP contribution in [0.25, 0.3) is 43.1 Å². The van der Waals surface area contributed by atoms with Crippen molar-refractivity contribution < 1.29 is 129 Å². The number of benzene rings is 11. The van der Waals surface area contributed by atoms with E-state index in [4.69, 9.17) is 4.74 Å². The lowest BCUT2D eigenvalue weighted by Gasteiger charge is -2.15. The van der Waals surface area contributed by atoms with Gasteiger partial charge in [-0.1, -0.05) is 30.3 Å². The van der Waals surface area contributed by atoms with E-state index in [1.165, 1.54) is 43.3 Å². The van der Waals surface area contributed by atoms with Gasteiger partial charge in [0.25, 0.3) is 80.9 Å². The summed E-state index contributed by atoms with van der Waals surface area (Å²) in [6.45, 7) is 0.759. The molecule has 11 rings (SSSR count). The third-order valence-corrected chi connectivity index (χ3v) is 22.5. The second-order valence-corrected chi connectivity index (χ2v) is 34.4. The molecule has 0 bridgehead atoms. The Morgan fingerprint density at radius 3 is 1.45 bits per heavy atom. The summed E-state index contributed by atoms with van der Waals surface area (Å²) in [5.41, 5.74) is -6.27. The number of phenols is 4. The minimum Gasteiger partial charge on any atom is -0.507 e. The van der Waals surface area contributed by atoms with Crippen molar-refractivity contribution in [3.05, 3.63) is 157 Å². The number of rotatable bonds is 24. The second kappa shape index (κ2) is 29.5. The van der Waals surface area contributed by atoms with Gasteiger partial charge < -0.3 is 30.5 Å². The Kier molecular flexibility index (Phi) is 21.3. The highest BCUT2D eigenvalue weighted by molar-refractivity contribution is 7.87. The maximum atomic E-state index is 13.6. The summed E-state index contributed by atoms with van der Waals surface area (Å²) < 4.78 is 289. The van der Waals surface area contributed by atoms with Gasteiger partial charge in [-0.2, -0.15) is 77.6 Å². The van der Waals surface area contributed by atoms with Gasteiger partial charge in [0.15, 0.2) is 17.2 Å². The lowest BCUT2D eigenvalue weighted by atomic mass is 10.0. The number of anilines is 2. The number of nitrogens with zero attached hydrogens (tertiary/aromatic N) is 10. The topological polar surface area (TPSA) is 661 Å². The van der Waals surface area contributed by atoms with Crippen molar-refractivity contribution in [3.63, 3.8) is 0 Å². The van der Waals surface area contributed by atoms with Crippen molar-refractivity contribution in [2.75, 3.05) is 17.7 Å². The predicted octanol–water partition coefficient (Wildman–Crippen LogP) is 13.6. The Morgan fingerprint density at radius 2 is 0.855 bits per heavy atom. The molecule has 40 nitrogen and oxygen atoms in total. The Bertz CT molecular complexity index is 6930. The van der Waals surface area contributed by atoms with Crippen LogP contribution >= 0.6 is 0 Å². The molecule has 0 amide bonds. The van der Waals surface area contributed by atoms with Gasteiger partial charge in [0.2, 0.25) is 0 Å². The number of azo groups is 5. The molecule has 0 fully saturated rings. The van der Waals surface area contributed by atoms with E-state index in [1.54, 1.807) is 18.2 Å². The summed E-state index contributed by atoms with van der Waals surface area (Å²) in [6.07, 6.45) is -0.426. The third-order valence-electron chi connectivity index (χ3n) is 15.6. The Hall–Kier alpha value is -11.5. The number of aromatic hydroxyl groups is 4. The minimum absolute atomic E-state index is 0.0213. The zero-order valence-corrected chi connectivity index (χ0v) is 61.1. The standard InChI is InChI=1S/C62H47N11O29S8/c1-30-20-46(49(102-18-7-19-103(78,79)80)29-45(30)67-69-47-25-35(104(81,82)83)22-32-23-36(105(84,85)86)26-48(74)54(32)47)68-73-58-53(109(96,97)98)28-41-39(61(58)77)15-17-44(62(41)110(99,100)101)66-70-55-40-27-52(108(93,94)95)57(60(76)38(40)14-16-43(55)63-33-8-3-2-4-9-33)71-64-34-12-13-37-31(21-34)24-51(107(90,91)92)56(59(37)75)72-65-42-10-5-6-11-50(42)106(87,88)89/h2-6,8-17,20-29,63,74-77H,7,18-19H2,1H3,(H,78,79,80)(H,81,82,83)(H,84,85,86)(H,87,88,89)(H,90,91,92)(H,93,94,95)(H,96,97,98)(H,99,100,101). The number of para-hydroxylation sites is 1. The number of ether oxygens (including phenoxy) is 1. The average Bonchev–Trinajstić information content (AvgIpc) is 0.752. The first-order valence-electron chi connectivity index (χ1n) is 30.0. The van der Waals surface area contributed by atoms with Gasteiger partial charge in [0.05, 0.1) is 50.3 Å². The summed E-state index contributed by atoms with van der Waals surface area (Å²) in [5.74, 6) is -5.51. The van der Waals surface area contributed by atoms with Crippen LogP contribution in [0, 0.1) is 6.92 Å². The van der Waals surface area contributed by atoms with Crippen LogP contribution in [0.1, 0.15) is 12.0 Å². The van der Waals surface area contributed by atoms with Crippen LogP contribution in [0.5, 0.6) is 28.7 Å². The molecule has 0 spiro atoms. The van der Waals surface area contributed by atoms with Gasteiger partial charge in [0.1, 0.15) is 75.8 Å². The number of aryl methyl sites for hydroxylation is 1. The van der Waals surface area contributed by atoms with Crippen LogP contribution in [0.3, 0.4) is 0 Å². The smallest absolute Gasteiger partial charge is 0.297 e. The monoisotopic (exact) mass is 1670 g/mol. The summed E-state index contributed by atoms with van der Waals surface area (Å²) in [7, 11) is -42.0. The molecule has 11 aromatic carbocycles. The highest BCUT2D eigenvalue weighted by Gasteiger charge is 2.31. The molecule has 0 aliphatic rings. The number of fused-ring (bicyclic) bond motifs is 4. The summed E-state index contributed by atoms with van der Waals surface area (Å²) >= 11 is 0. The van der Waals surface area contributed by atoms with Gasteiger partial charge in [-0.05, 0) is 139 Å². The van der Waals surface area contributed by atoms with Crippen LogP contribution in [-0.2, 0) is 80.9 Å². The van der Waals surface area contributed by atoms with Crippen LogP contribution < -0.4 is 10.1 Å². The van der Waals surface area contributed by atoms with Crippen LogP contribution in [0.2, 0.25) is 0 Å². The van der Waals surface area contributed by atoms with E-state index in [0.717, 1.165) is 78.9 Å². The first-order chi connectivity index (χ1) is 51.1. The molecular formula is C62H47N11O29S8. The number of hydrogen-bond acceptors (Lipinski definition) is 32. The largest absolute Gasteiger partial charge is 0.507 e. The fourth-order valence-corrected chi connectivity index (χ4v) is 15.7. The Morgan fingerprint density at radius 1 is 0.364 bits per heavy atom. The van der Waals surface area contributed by atoms with Gasteiger partial charge >= 0.3 is 0 Å². The summed E-state index contributed by atoms with van der Waals surface area (Å²) in [4.78, 5) is -7.63. The molecule has 0 saturated heterocycles. The third kappa shape index (κ3) is 17.3. The second-order valence-electron chi connectivity index (χ2n) is 23.0. The molecule has 110 heavy (non-hydrogen) atoms. The number of phenolic OH excluding ortho intramolecular Hbond substituents is 4. The predicted molar refractivity (Wildman–Crippen MR) is 386 cm³/mol. The van der Waals surface area contributed by atoms with Gasteiger partial charge in [-0.15, -0.1) is 40.9 Å².